The van der Waals surface area contributed by atoms with E-state index in [-0.39, 0.29) is 0 Å². The zero-order valence-corrected chi connectivity index (χ0v) is 9.77. The van der Waals surface area contributed by atoms with Gasteiger partial charge in [0.1, 0.15) is 12.7 Å². The lowest BCUT2D eigenvalue weighted by atomic mass is 9.73. The molecule has 1 N–H and O–H groups in total. The quantitative estimate of drug-likeness (QED) is 0.803. The molecule has 1 saturated carbocycles. The second kappa shape index (κ2) is 3.93. The largest absolute Gasteiger partial charge is 0.315 e. The molecule has 0 amide bonds. The zero-order chi connectivity index (χ0) is 10.9. The summed E-state index contributed by atoms with van der Waals surface area (Å²) in [6.45, 7) is 4.67. The van der Waals surface area contributed by atoms with Crippen molar-refractivity contribution in [2.75, 3.05) is 7.05 Å². The fourth-order valence-electron chi connectivity index (χ4n) is 2.55. The standard InChI is InChI=1S/C11H20N4/c1-11(2)5-4-9(12-3)10(6-11)15-8-13-7-14-15/h7-10,12H,4-6H2,1-3H3. The van der Waals surface area contributed by atoms with Crippen LogP contribution in [0.15, 0.2) is 12.7 Å². The molecule has 1 heterocycles. The summed E-state index contributed by atoms with van der Waals surface area (Å²) in [5.41, 5.74) is 0.421. The molecule has 1 aliphatic carbocycles. The smallest absolute Gasteiger partial charge is 0.137 e. The number of hydrogen-bond donors (Lipinski definition) is 1. The van der Waals surface area contributed by atoms with Gasteiger partial charge in [0.25, 0.3) is 0 Å². The van der Waals surface area contributed by atoms with E-state index in [9.17, 15) is 0 Å². The Kier molecular flexibility index (Phi) is 2.78. The van der Waals surface area contributed by atoms with E-state index in [1.54, 1.807) is 6.33 Å². The highest BCUT2D eigenvalue weighted by Gasteiger charge is 2.35. The topological polar surface area (TPSA) is 42.7 Å². The van der Waals surface area contributed by atoms with Crippen LogP contribution in [0.3, 0.4) is 0 Å². The average Bonchev–Trinajstić information content (AvgIpc) is 2.69. The van der Waals surface area contributed by atoms with Crippen LogP contribution in [-0.2, 0) is 0 Å². The Morgan fingerprint density at radius 3 is 2.87 bits per heavy atom. The summed E-state index contributed by atoms with van der Waals surface area (Å²) in [6.07, 6.45) is 7.12. The van der Waals surface area contributed by atoms with Crippen LogP contribution in [0.1, 0.15) is 39.2 Å². The van der Waals surface area contributed by atoms with Crippen molar-refractivity contribution >= 4 is 0 Å². The second-order valence-electron chi connectivity index (χ2n) is 5.25. The lowest BCUT2D eigenvalue weighted by Crippen LogP contribution is -2.42. The number of nitrogens with zero attached hydrogens (tertiary/aromatic N) is 3. The predicted octanol–water partition coefficient (Wildman–Crippen LogP) is 1.62. The van der Waals surface area contributed by atoms with Crippen LogP contribution in [0.5, 0.6) is 0 Å². The van der Waals surface area contributed by atoms with Gasteiger partial charge in [-0.15, -0.1) is 0 Å². The molecule has 0 aromatic carbocycles. The molecule has 2 rings (SSSR count). The van der Waals surface area contributed by atoms with Crippen LogP contribution in [-0.4, -0.2) is 27.9 Å². The van der Waals surface area contributed by atoms with Gasteiger partial charge in [0.2, 0.25) is 0 Å². The summed E-state index contributed by atoms with van der Waals surface area (Å²) in [4.78, 5) is 4.04. The molecule has 84 valence electrons. The minimum atomic E-state index is 0.421. The number of likely N-dealkylation sites (N-methyl/N-ethyl adjacent to an activating group) is 1. The Balaban J connectivity index is 2.18. The highest BCUT2D eigenvalue weighted by atomic mass is 15.3. The Hall–Kier alpha value is -0.900. The van der Waals surface area contributed by atoms with Gasteiger partial charge in [-0.3, -0.25) is 0 Å². The minimum absolute atomic E-state index is 0.421. The Morgan fingerprint density at radius 2 is 2.27 bits per heavy atom. The SMILES string of the molecule is CNC1CCC(C)(C)CC1n1cncn1. The second-order valence-corrected chi connectivity index (χ2v) is 5.25. The first-order chi connectivity index (χ1) is 7.12. The van der Waals surface area contributed by atoms with Crippen molar-refractivity contribution in [1.82, 2.24) is 20.1 Å². The highest BCUT2D eigenvalue weighted by molar-refractivity contribution is 4.91. The van der Waals surface area contributed by atoms with Crippen LogP contribution < -0.4 is 5.32 Å². The molecule has 1 fully saturated rings. The van der Waals surface area contributed by atoms with Crippen LogP contribution in [0.2, 0.25) is 0 Å². The normalized spacial score (nSPS) is 30.3. The number of aromatic nitrogens is 3. The van der Waals surface area contributed by atoms with Crippen molar-refractivity contribution in [1.29, 1.82) is 0 Å². The highest BCUT2D eigenvalue weighted by Crippen LogP contribution is 2.40. The summed E-state index contributed by atoms with van der Waals surface area (Å²) in [6, 6.07) is 0.973. The van der Waals surface area contributed by atoms with Gasteiger partial charge in [-0.25, -0.2) is 9.67 Å². The van der Waals surface area contributed by atoms with Crippen LogP contribution >= 0.6 is 0 Å². The van der Waals surface area contributed by atoms with Gasteiger partial charge in [0.15, 0.2) is 0 Å². The predicted molar refractivity (Wildman–Crippen MR) is 59.5 cm³/mol. The van der Waals surface area contributed by atoms with Gasteiger partial charge in [-0.1, -0.05) is 13.8 Å². The Morgan fingerprint density at radius 1 is 1.47 bits per heavy atom. The molecule has 0 bridgehead atoms. The molecule has 1 aromatic rings. The van der Waals surface area contributed by atoms with Gasteiger partial charge >= 0.3 is 0 Å². The maximum Gasteiger partial charge on any atom is 0.137 e. The first-order valence-corrected chi connectivity index (χ1v) is 5.64. The van der Waals surface area contributed by atoms with Crippen molar-refractivity contribution in [3.63, 3.8) is 0 Å². The van der Waals surface area contributed by atoms with Gasteiger partial charge in [0, 0.05) is 6.04 Å². The van der Waals surface area contributed by atoms with Gasteiger partial charge in [-0.05, 0) is 31.7 Å². The molecule has 0 saturated heterocycles. The summed E-state index contributed by atoms with van der Waals surface area (Å²) in [7, 11) is 2.03. The van der Waals surface area contributed by atoms with E-state index >= 15 is 0 Å². The van der Waals surface area contributed by atoms with Crippen LogP contribution in [0, 0.1) is 5.41 Å². The van der Waals surface area contributed by atoms with E-state index < -0.39 is 0 Å². The Labute approximate surface area is 91.1 Å². The molecule has 4 nitrogen and oxygen atoms in total. The van der Waals surface area contributed by atoms with Crippen molar-refractivity contribution in [3.05, 3.63) is 12.7 Å². The fraction of sp³-hybridized carbons (Fsp3) is 0.818. The molecule has 1 aromatic heterocycles. The van der Waals surface area contributed by atoms with Crippen molar-refractivity contribution < 1.29 is 0 Å². The van der Waals surface area contributed by atoms with Crippen molar-refractivity contribution in [2.45, 2.75) is 45.2 Å². The molecule has 0 aliphatic heterocycles. The lowest BCUT2D eigenvalue weighted by Gasteiger charge is -2.40. The first kappa shape index (κ1) is 10.6. The van der Waals surface area contributed by atoms with E-state index in [4.69, 9.17) is 0 Å². The van der Waals surface area contributed by atoms with Crippen LogP contribution in [0.4, 0.5) is 0 Å². The monoisotopic (exact) mass is 208 g/mol. The van der Waals surface area contributed by atoms with E-state index in [0.717, 1.165) is 0 Å². The number of hydrogen-bond acceptors (Lipinski definition) is 3. The first-order valence-electron chi connectivity index (χ1n) is 5.64. The molecular formula is C11H20N4. The molecule has 2 atom stereocenters. The fourth-order valence-corrected chi connectivity index (χ4v) is 2.55. The molecule has 0 spiro atoms. The zero-order valence-electron chi connectivity index (χ0n) is 9.77. The Bertz CT molecular complexity index is 304. The van der Waals surface area contributed by atoms with Gasteiger partial charge in [0.05, 0.1) is 6.04 Å². The van der Waals surface area contributed by atoms with E-state index in [0.29, 0.717) is 17.5 Å². The maximum absolute atomic E-state index is 4.27. The van der Waals surface area contributed by atoms with Gasteiger partial charge < -0.3 is 5.32 Å². The summed E-state index contributed by atoms with van der Waals surface area (Å²) in [5.74, 6) is 0. The molecular weight excluding hydrogens is 188 g/mol. The van der Waals surface area contributed by atoms with E-state index in [1.165, 1.54) is 19.3 Å². The number of rotatable bonds is 2. The van der Waals surface area contributed by atoms with E-state index in [2.05, 4.69) is 29.2 Å². The third-order valence-electron chi connectivity index (χ3n) is 3.51. The molecule has 15 heavy (non-hydrogen) atoms. The molecule has 1 aliphatic rings. The minimum Gasteiger partial charge on any atom is -0.315 e. The number of nitrogens with one attached hydrogen (secondary N) is 1. The molecule has 4 heteroatoms. The third-order valence-corrected chi connectivity index (χ3v) is 3.51. The lowest BCUT2D eigenvalue weighted by molar-refractivity contribution is 0.138. The van der Waals surface area contributed by atoms with Crippen molar-refractivity contribution in [3.8, 4) is 0 Å². The molecule has 0 radical (unpaired) electrons. The average molecular weight is 208 g/mol. The van der Waals surface area contributed by atoms with Crippen molar-refractivity contribution in [2.24, 2.45) is 5.41 Å². The summed E-state index contributed by atoms with van der Waals surface area (Å²) >= 11 is 0. The van der Waals surface area contributed by atoms with Gasteiger partial charge in [-0.2, -0.15) is 5.10 Å². The summed E-state index contributed by atoms with van der Waals surface area (Å²) < 4.78 is 2.00. The summed E-state index contributed by atoms with van der Waals surface area (Å²) in [5, 5.41) is 7.66. The van der Waals surface area contributed by atoms with E-state index in [1.807, 2.05) is 18.1 Å². The van der Waals surface area contributed by atoms with Crippen LogP contribution in [0.25, 0.3) is 0 Å². The maximum atomic E-state index is 4.27. The molecule has 2 unspecified atom stereocenters. The third kappa shape index (κ3) is 2.20.